The lowest BCUT2D eigenvalue weighted by atomic mass is 10.1. The van der Waals surface area contributed by atoms with Crippen LogP contribution < -0.4 is 11.5 Å². The van der Waals surface area contributed by atoms with E-state index < -0.39 is 0 Å². The molecule has 4 rings (SSSR count). The minimum atomic E-state index is 0.732. The van der Waals surface area contributed by atoms with Crippen LogP contribution in [0, 0.1) is 0 Å². The highest BCUT2D eigenvalue weighted by molar-refractivity contribution is 7.16. The molecular formula is C20H22N4S3. The van der Waals surface area contributed by atoms with Gasteiger partial charge in [0.15, 0.2) is 0 Å². The van der Waals surface area contributed by atoms with E-state index in [2.05, 4.69) is 45.1 Å². The molecule has 4 aromatic rings. The van der Waals surface area contributed by atoms with Crippen LogP contribution in [0.25, 0.3) is 31.9 Å². The van der Waals surface area contributed by atoms with Crippen LogP contribution in [0.5, 0.6) is 0 Å². The molecule has 0 radical (unpaired) electrons. The predicted octanol–water partition coefficient (Wildman–Crippen LogP) is 4.93. The molecule has 0 amide bonds. The van der Waals surface area contributed by atoms with Crippen LogP contribution in [0.2, 0.25) is 0 Å². The minimum absolute atomic E-state index is 0.732. The van der Waals surface area contributed by atoms with Gasteiger partial charge in [-0.05, 0) is 63.0 Å². The topological polar surface area (TPSA) is 77.8 Å². The van der Waals surface area contributed by atoms with Gasteiger partial charge in [-0.25, -0.2) is 0 Å². The highest BCUT2D eigenvalue weighted by Crippen LogP contribution is 2.39. The van der Waals surface area contributed by atoms with Crippen molar-refractivity contribution in [3.8, 4) is 20.9 Å². The average Bonchev–Trinajstić information content (AvgIpc) is 3.44. The van der Waals surface area contributed by atoms with E-state index in [9.17, 15) is 0 Å². The first-order valence-corrected chi connectivity index (χ1v) is 11.5. The summed E-state index contributed by atoms with van der Waals surface area (Å²) in [5.41, 5.74) is 15.6. The molecular weight excluding hydrogens is 392 g/mol. The van der Waals surface area contributed by atoms with Gasteiger partial charge in [0.2, 0.25) is 0 Å². The fourth-order valence-corrected chi connectivity index (χ4v) is 5.86. The van der Waals surface area contributed by atoms with Crippen molar-refractivity contribution in [2.24, 2.45) is 11.5 Å². The summed E-state index contributed by atoms with van der Waals surface area (Å²) in [6.45, 7) is 1.46. The molecule has 0 bridgehead atoms. The van der Waals surface area contributed by atoms with Gasteiger partial charge < -0.3 is 11.5 Å². The molecule has 7 heteroatoms. The summed E-state index contributed by atoms with van der Waals surface area (Å²) >= 11 is 4.95. The van der Waals surface area contributed by atoms with E-state index >= 15 is 0 Å². The lowest BCUT2D eigenvalue weighted by Gasteiger charge is -2.03. The summed E-state index contributed by atoms with van der Waals surface area (Å²) in [6.07, 6.45) is 4.13. The maximum atomic E-state index is 5.64. The quantitative estimate of drug-likeness (QED) is 0.428. The number of nitrogens with zero attached hydrogens (tertiary/aromatic N) is 2. The second-order valence-corrected chi connectivity index (χ2v) is 9.30. The molecule has 3 heterocycles. The van der Waals surface area contributed by atoms with Crippen molar-refractivity contribution in [2.75, 3.05) is 13.1 Å². The predicted molar refractivity (Wildman–Crippen MR) is 119 cm³/mol. The maximum absolute atomic E-state index is 5.64. The molecule has 1 aromatic carbocycles. The van der Waals surface area contributed by atoms with Crippen molar-refractivity contribution >= 4 is 45.4 Å². The number of aryl methyl sites for hydroxylation is 2. The Morgan fingerprint density at radius 2 is 1.15 bits per heavy atom. The van der Waals surface area contributed by atoms with Gasteiger partial charge in [0, 0.05) is 30.6 Å². The number of thiophene rings is 2. The molecule has 0 aliphatic rings. The molecule has 0 saturated heterocycles. The Bertz CT molecular complexity index is 951. The molecule has 3 aromatic heterocycles. The molecule has 27 heavy (non-hydrogen) atoms. The Kier molecular flexibility index (Phi) is 5.95. The lowest BCUT2D eigenvalue weighted by Crippen LogP contribution is -1.99. The van der Waals surface area contributed by atoms with Crippen LogP contribution in [-0.4, -0.2) is 21.8 Å². The zero-order valence-corrected chi connectivity index (χ0v) is 17.4. The molecule has 4 N–H and O–H groups in total. The molecule has 4 nitrogen and oxygen atoms in total. The van der Waals surface area contributed by atoms with Gasteiger partial charge in [-0.2, -0.15) is 8.75 Å². The third kappa shape index (κ3) is 3.97. The Morgan fingerprint density at radius 3 is 1.59 bits per heavy atom. The smallest absolute Gasteiger partial charge is 0.114 e. The monoisotopic (exact) mass is 414 g/mol. The van der Waals surface area contributed by atoms with E-state index in [-0.39, 0.29) is 0 Å². The average molecular weight is 415 g/mol. The van der Waals surface area contributed by atoms with Gasteiger partial charge in [0.1, 0.15) is 11.0 Å². The van der Waals surface area contributed by atoms with Gasteiger partial charge in [-0.3, -0.25) is 0 Å². The second kappa shape index (κ2) is 8.58. The Labute approximate surface area is 171 Å². The highest BCUT2D eigenvalue weighted by atomic mass is 32.1. The number of hydrogen-bond donors (Lipinski definition) is 2. The number of benzene rings is 1. The molecule has 0 spiro atoms. The van der Waals surface area contributed by atoms with Gasteiger partial charge in [-0.15, -0.1) is 22.7 Å². The van der Waals surface area contributed by atoms with Crippen LogP contribution in [0.15, 0.2) is 36.4 Å². The van der Waals surface area contributed by atoms with E-state index in [1.807, 2.05) is 22.7 Å². The van der Waals surface area contributed by atoms with Gasteiger partial charge >= 0.3 is 0 Å². The van der Waals surface area contributed by atoms with E-state index in [0.717, 1.165) is 49.8 Å². The summed E-state index contributed by atoms with van der Waals surface area (Å²) in [5, 5.41) is 0. The fraction of sp³-hybridized carbons (Fsp3) is 0.300. The van der Waals surface area contributed by atoms with Crippen molar-refractivity contribution in [2.45, 2.75) is 25.7 Å². The van der Waals surface area contributed by atoms with Crippen molar-refractivity contribution in [1.82, 2.24) is 8.75 Å². The first-order chi connectivity index (χ1) is 13.3. The third-order valence-corrected chi connectivity index (χ3v) is 7.41. The van der Waals surface area contributed by atoms with Gasteiger partial charge in [-0.1, -0.05) is 12.1 Å². The standard InChI is InChI=1S/C20H22N4S3/c21-11-1-3-13-5-9-17(25-13)15-7-8-16(20-19(15)23-27-24-20)18-10-6-14(26-18)4-2-12-22/h5-10H,1-4,11-12,21-22H2. The fourth-order valence-electron chi connectivity index (χ4n) is 3.13. The summed E-state index contributed by atoms with van der Waals surface area (Å²) in [5.74, 6) is 0. The molecule has 0 unspecified atom stereocenters. The third-order valence-electron chi connectivity index (χ3n) is 4.52. The first-order valence-electron chi connectivity index (χ1n) is 9.13. The zero-order chi connectivity index (χ0) is 18.6. The number of fused-ring (bicyclic) bond motifs is 1. The SMILES string of the molecule is NCCCc1ccc(-c2ccc(-c3ccc(CCCN)s3)c3nsnc23)s1. The van der Waals surface area contributed by atoms with E-state index in [4.69, 9.17) is 11.5 Å². The number of nitrogens with two attached hydrogens (primary N) is 2. The van der Waals surface area contributed by atoms with Crippen LogP contribution in [0.3, 0.4) is 0 Å². The summed E-state index contributed by atoms with van der Waals surface area (Å²) in [7, 11) is 0. The van der Waals surface area contributed by atoms with Crippen LogP contribution >= 0.6 is 34.4 Å². The molecule has 0 saturated carbocycles. The van der Waals surface area contributed by atoms with E-state index in [0.29, 0.717) is 0 Å². The van der Waals surface area contributed by atoms with Crippen LogP contribution in [0.4, 0.5) is 0 Å². The van der Waals surface area contributed by atoms with E-state index in [1.54, 1.807) is 0 Å². The minimum Gasteiger partial charge on any atom is -0.330 e. The summed E-state index contributed by atoms with van der Waals surface area (Å²) < 4.78 is 9.23. The lowest BCUT2D eigenvalue weighted by molar-refractivity contribution is 0.843. The van der Waals surface area contributed by atoms with Gasteiger partial charge in [0.05, 0.1) is 11.7 Å². The molecule has 0 aliphatic carbocycles. The van der Waals surface area contributed by atoms with Crippen molar-refractivity contribution in [1.29, 1.82) is 0 Å². The maximum Gasteiger partial charge on any atom is 0.114 e. The van der Waals surface area contributed by atoms with Crippen LogP contribution in [0.1, 0.15) is 22.6 Å². The Morgan fingerprint density at radius 1 is 0.667 bits per heavy atom. The molecule has 140 valence electrons. The molecule has 0 aliphatic heterocycles. The second-order valence-electron chi connectivity index (χ2n) is 6.44. The van der Waals surface area contributed by atoms with E-state index in [1.165, 1.54) is 42.4 Å². The molecule has 0 atom stereocenters. The normalized spacial score (nSPS) is 11.5. The van der Waals surface area contributed by atoms with Crippen LogP contribution in [-0.2, 0) is 12.8 Å². The number of hydrogen-bond acceptors (Lipinski definition) is 7. The summed E-state index contributed by atoms with van der Waals surface area (Å²) in [6, 6.07) is 13.2. The highest BCUT2D eigenvalue weighted by Gasteiger charge is 2.15. The van der Waals surface area contributed by atoms with Crippen molar-refractivity contribution in [3.63, 3.8) is 0 Å². The Hall–Kier alpha value is -1.64. The summed E-state index contributed by atoms with van der Waals surface area (Å²) in [4.78, 5) is 5.25. The Balaban J connectivity index is 1.68. The largest absolute Gasteiger partial charge is 0.330 e. The zero-order valence-electron chi connectivity index (χ0n) is 15.0. The van der Waals surface area contributed by atoms with Crippen molar-refractivity contribution in [3.05, 3.63) is 46.2 Å². The van der Waals surface area contributed by atoms with Gasteiger partial charge in [0.25, 0.3) is 0 Å². The first kappa shape index (κ1) is 18.7. The molecule has 0 fully saturated rings. The number of aromatic nitrogens is 2. The number of rotatable bonds is 8. The van der Waals surface area contributed by atoms with Crippen molar-refractivity contribution < 1.29 is 0 Å².